The van der Waals surface area contributed by atoms with E-state index in [2.05, 4.69) is 10.7 Å². The number of hydrogen-bond donors (Lipinski definition) is 1. The fourth-order valence-electron chi connectivity index (χ4n) is 2.76. The number of carbonyl (C=O) groups is 2. The number of nitrogens with one attached hydrogen (secondary N) is 1. The second-order valence-corrected chi connectivity index (χ2v) is 7.37. The number of piperidine rings is 1. The van der Waals surface area contributed by atoms with Crippen LogP contribution in [0, 0.1) is 5.92 Å². The summed E-state index contributed by atoms with van der Waals surface area (Å²) in [6.07, 6.45) is 2.81. The van der Waals surface area contributed by atoms with Crippen molar-refractivity contribution in [3.63, 3.8) is 0 Å². The number of carbonyl (C=O) groups excluding carboxylic acids is 2. The molecule has 6 nitrogen and oxygen atoms in total. The molecule has 2 rings (SSSR count). The second-order valence-electron chi connectivity index (χ2n) is 6.48. The first-order valence-electron chi connectivity index (χ1n) is 8.50. The van der Waals surface area contributed by atoms with Gasteiger partial charge in [0.2, 0.25) is 11.8 Å². The average Bonchev–Trinajstić information content (AvgIpc) is 3.04. The molecular weight excluding hydrogens is 326 g/mol. The molecule has 0 spiro atoms. The summed E-state index contributed by atoms with van der Waals surface area (Å²) in [5, 5.41) is 6.07. The van der Waals surface area contributed by atoms with E-state index in [1.165, 1.54) is 0 Å². The third-order valence-corrected chi connectivity index (χ3v) is 5.22. The van der Waals surface area contributed by atoms with Gasteiger partial charge in [-0.1, -0.05) is 13.8 Å². The van der Waals surface area contributed by atoms with Crippen LogP contribution in [0.25, 0.3) is 0 Å². The quantitative estimate of drug-likeness (QED) is 0.811. The van der Waals surface area contributed by atoms with Gasteiger partial charge in [-0.05, 0) is 12.8 Å². The highest BCUT2D eigenvalue weighted by Gasteiger charge is 2.26. The first-order valence-corrected chi connectivity index (χ1v) is 9.38. The van der Waals surface area contributed by atoms with Crippen molar-refractivity contribution in [2.24, 2.45) is 5.92 Å². The van der Waals surface area contributed by atoms with Gasteiger partial charge >= 0.3 is 0 Å². The van der Waals surface area contributed by atoms with Crippen molar-refractivity contribution >= 4 is 23.2 Å². The van der Waals surface area contributed by atoms with E-state index in [0.29, 0.717) is 12.5 Å². The number of nitrogens with zero attached hydrogens (tertiary/aromatic N) is 2. The molecule has 1 atom stereocenters. The number of amides is 2. The zero-order valence-corrected chi connectivity index (χ0v) is 15.5. The Bertz CT molecular complexity index is 559. The normalized spacial score (nSPS) is 18.0. The monoisotopic (exact) mass is 353 g/mol. The highest BCUT2D eigenvalue weighted by molar-refractivity contribution is 7.09. The molecule has 1 aliphatic rings. The maximum Gasteiger partial charge on any atom is 0.248 e. The molecule has 24 heavy (non-hydrogen) atoms. The van der Waals surface area contributed by atoms with Crippen molar-refractivity contribution < 1.29 is 14.3 Å². The van der Waals surface area contributed by atoms with Crippen LogP contribution in [0.1, 0.15) is 43.3 Å². The van der Waals surface area contributed by atoms with Gasteiger partial charge in [0, 0.05) is 50.4 Å². The topological polar surface area (TPSA) is 71.5 Å². The molecule has 1 saturated heterocycles. The SMILES string of the molecule is COCC(=O)N1CCC[C@@H](c2nc(CCNC(=O)C(C)C)cs2)C1. The van der Waals surface area contributed by atoms with Gasteiger partial charge in [0.25, 0.3) is 0 Å². The Morgan fingerprint density at radius 1 is 1.50 bits per heavy atom. The molecule has 7 heteroatoms. The Hall–Kier alpha value is -1.47. The van der Waals surface area contributed by atoms with E-state index in [-0.39, 0.29) is 24.3 Å². The fraction of sp³-hybridized carbons (Fsp3) is 0.706. The van der Waals surface area contributed by atoms with Gasteiger partial charge in [0.05, 0.1) is 10.7 Å². The largest absolute Gasteiger partial charge is 0.375 e. The number of likely N-dealkylation sites (tertiary alicyclic amines) is 1. The van der Waals surface area contributed by atoms with Crippen LogP contribution < -0.4 is 5.32 Å². The minimum absolute atomic E-state index is 0.00820. The molecule has 1 aromatic rings. The molecule has 0 aromatic carbocycles. The van der Waals surface area contributed by atoms with Crippen molar-refractivity contribution in [1.82, 2.24) is 15.2 Å². The standard InChI is InChI=1S/C17H27N3O3S/c1-12(2)16(22)18-7-6-14-11-24-17(19-14)13-5-4-8-20(9-13)15(21)10-23-3/h11-13H,4-10H2,1-3H3,(H,18,22)/t13-/m1/s1. The summed E-state index contributed by atoms with van der Waals surface area (Å²) in [6.45, 7) is 6.05. The molecule has 0 saturated carbocycles. The summed E-state index contributed by atoms with van der Waals surface area (Å²) in [6, 6.07) is 0. The molecule has 134 valence electrons. The molecule has 1 fully saturated rings. The van der Waals surface area contributed by atoms with E-state index < -0.39 is 0 Å². The predicted molar refractivity (Wildman–Crippen MR) is 94.1 cm³/mol. The first-order chi connectivity index (χ1) is 11.5. The summed E-state index contributed by atoms with van der Waals surface area (Å²) < 4.78 is 4.94. The highest BCUT2D eigenvalue weighted by Crippen LogP contribution is 2.29. The van der Waals surface area contributed by atoms with Gasteiger partial charge in [-0.2, -0.15) is 0 Å². The van der Waals surface area contributed by atoms with E-state index >= 15 is 0 Å². The lowest BCUT2D eigenvalue weighted by molar-refractivity contribution is -0.136. The van der Waals surface area contributed by atoms with Gasteiger partial charge in [0.15, 0.2) is 0 Å². The zero-order chi connectivity index (χ0) is 17.5. The molecule has 1 aliphatic heterocycles. The summed E-state index contributed by atoms with van der Waals surface area (Å²) in [7, 11) is 1.55. The Labute approximate surface area is 147 Å². The van der Waals surface area contributed by atoms with Gasteiger partial charge in [-0.25, -0.2) is 4.98 Å². The minimum atomic E-state index is 0.00820. The van der Waals surface area contributed by atoms with Crippen molar-refractivity contribution in [3.05, 3.63) is 16.1 Å². The molecule has 0 unspecified atom stereocenters. The summed E-state index contributed by atoms with van der Waals surface area (Å²) >= 11 is 1.66. The Kier molecular flexibility index (Phi) is 7.17. The molecule has 0 bridgehead atoms. The Morgan fingerprint density at radius 2 is 2.29 bits per heavy atom. The maximum atomic E-state index is 12.0. The lowest BCUT2D eigenvalue weighted by Gasteiger charge is -2.31. The minimum Gasteiger partial charge on any atom is -0.375 e. The summed E-state index contributed by atoms with van der Waals surface area (Å²) in [5.74, 6) is 0.442. The van der Waals surface area contributed by atoms with E-state index in [1.807, 2.05) is 18.7 Å². The maximum absolute atomic E-state index is 12.0. The lowest BCUT2D eigenvalue weighted by Crippen LogP contribution is -2.40. The molecular formula is C17H27N3O3S. The smallest absolute Gasteiger partial charge is 0.248 e. The average molecular weight is 353 g/mol. The van der Waals surface area contributed by atoms with Crippen LogP contribution in [-0.2, 0) is 20.7 Å². The van der Waals surface area contributed by atoms with Crippen molar-refractivity contribution in [1.29, 1.82) is 0 Å². The van der Waals surface area contributed by atoms with Crippen LogP contribution in [0.2, 0.25) is 0 Å². The van der Waals surface area contributed by atoms with E-state index in [1.54, 1.807) is 18.4 Å². The summed E-state index contributed by atoms with van der Waals surface area (Å²) in [4.78, 5) is 30.1. The van der Waals surface area contributed by atoms with Crippen LogP contribution in [0.3, 0.4) is 0 Å². The predicted octanol–water partition coefficient (Wildman–Crippen LogP) is 1.81. The van der Waals surface area contributed by atoms with Crippen molar-refractivity contribution in [2.75, 3.05) is 33.4 Å². The number of aromatic nitrogens is 1. The molecule has 2 amide bonds. The molecule has 1 aromatic heterocycles. The third-order valence-electron chi connectivity index (χ3n) is 4.17. The van der Waals surface area contributed by atoms with Crippen molar-refractivity contribution in [3.8, 4) is 0 Å². The fourth-order valence-corrected chi connectivity index (χ4v) is 3.75. The van der Waals surface area contributed by atoms with E-state index in [4.69, 9.17) is 9.72 Å². The molecule has 0 aliphatic carbocycles. The number of methoxy groups -OCH3 is 1. The number of ether oxygens (including phenoxy) is 1. The van der Waals surface area contributed by atoms with Crippen LogP contribution >= 0.6 is 11.3 Å². The second kappa shape index (κ2) is 9.13. The zero-order valence-electron chi connectivity index (χ0n) is 14.7. The van der Waals surface area contributed by atoms with E-state index in [9.17, 15) is 9.59 Å². The van der Waals surface area contributed by atoms with Gasteiger partial charge in [-0.3, -0.25) is 9.59 Å². The molecule has 1 N–H and O–H groups in total. The lowest BCUT2D eigenvalue weighted by atomic mass is 9.98. The van der Waals surface area contributed by atoms with Crippen molar-refractivity contribution in [2.45, 2.75) is 39.0 Å². The molecule has 2 heterocycles. The van der Waals surface area contributed by atoms with E-state index in [0.717, 1.165) is 43.1 Å². The van der Waals surface area contributed by atoms with Gasteiger partial charge < -0.3 is 15.0 Å². The van der Waals surface area contributed by atoms with Gasteiger partial charge in [-0.15, -0.1) is 11.3 Å². The Balaban J connectivity index is 1.85. The third kappa shape index (κ3) is 5.27. The first kappa shape index (κ1) is 18.9. The molecule has 0 radical (unpaired) electrons. The van der Waals surface area contributed by atoms with Crippen LogP contribution in [0.4, 0.5) is 0 Å². The Morgan fingerprint density at radius 3 is 3.00 bits per heavy atom. The number of rotatable bonds is 7. The van der Waals surface area contributed by atoms with Crippen LogP contribution in [0.15, 0.2) is 5.38 Å². The number of thiazole rings is 1. The highest BCUT2D eigenvalue weighted by atomic mass is 32.1. The summed E-state index contributed by atoms with van der Waals surface area (Å²) in [5.41, 5.74) is 1.01. The number of hydrogen-bond acceptors (Lipinski definition) is 5. The van der Waals surface area contributed by atoms with Crippen LogP contribution in [-0.4, -0.2) is 55.0 Å². The van der Waals surface area contributed by atoms with Gasteiger partial charge in [0.1, 0.15) is 6.61 Å². The van der Waals surface area contributed by atoms with Crippen LogP contribution in [0.5, 0.6) is 0 Å².